The molecule has 0 unspecified atom stereocenters. The molecule has 0 radical (unpaired) electrons. The summed E-state index contributed by atoms with van der Waals surface area (Å²) < 4.78 is 0.826. The summed E-state index contributed by atoms with van der Waals surface area (Å²) in [6, 6.07) is 19.8. The lowest BCUT2D eigenvalue weighted by Crippen LogP contribution is -2.13. The normalized spacial score (nSPS) is 11.1. The van der Waals surface area contributed by atoms with Crippen molar-refractivity contribution in [3.63, 3.8) is 0 Å². The van der Waals surface area contributed by atoms with Crippen LogP contribution in [-0.2, 0) is 5.75 Å². The minimum atomic E-state index is -0.193. The maximum Gasteiger partial charge on any atom is 0.258 e. The minimum Gasteiger partial charge on any atom is -0.296 e. The van der Waals surface area contributed by atoms with E-state index >= 15 is 0 Å². The number of fused-ring (bicyclic) bond motifs is 1. The number of carbonyl (C=O) groups is 1. The lowest BCUT2D eigenvalue weighted by molar-refractivity contribution is 0.102. The fraction of sp³-hybridized carbons (Fsp3) is 0.182. The number of aromatic nitrogens is 3. The number of carbonyl (C=O) groups excluding carboxylic acids is 1. The summed E-state index contributed by atoms with van der Waals surface area (Å²) >= 11 is 2.99. The van der Waals surface area contributed by atoms with E-state index in [0.29, 0.717) is 10.7 Å². The van der Waals surface area contributed by atoms with Crippen LogP contribution in [0.1, 0.15) is 41.4 Å². The number of benzene rings is 2. The Morgan fingerprint density at radius 3 is 2.62 bits per heavy atom. The summed E-state index contributed by atoms with van der Waals surface area (Å²) in [5, 5.41) is 12.6. The molecule has 0 saturated carbocycles. The molecular formula is C22H20N4OS2. The molecule has 4 aromatic rings. The van der Waals surface area contributed by atoms with Crippen LogP contribution >= 0.6 is 23.1 Å². The Morgan fingerprint density at radius 1 is 1.07 bits per heavy atom. The van der Waals surface area contributed by atoms with Crippen molar-refractivity contribution >= 4 is 45.0 Å². The van der Waals surface area contributed by atoms with Gasteiger partial charge in [-0.2, -0.15) is 0 Å². The SMILES string of the molecule is CC(C)c1cc(C(=O)Nc2nnc(SCc3ccccc3)s2)c2ccccc2n1. The van der Waals surface area contributed by atoms with Crippen molar-refractivity contribution in [2.75, 3.05) is 5.32 Å². The van der Waals surface area contributed by atoms with Crippen molar-refractivity contribution in [2.45, 2.75) is 29.9 Å². The summed E-state index contributed by atoms with van der Waals surface area (Å²) in [7, 11) is 0. The van der Waals surface area contributed by atoms with Gasteiger partial charge in [0.05, 0.1) is 11.1 Å². The average molecular weight is 421 g/mol. The van der Waals surface area contributed by atoms with Crippen LogP contribution < -0.4 is 5.32 Å². The second-order valence-corrected chi connectivity index (χ2v) is 9.07. The summed E-state index contributed by atoms with van der Waals surface area (Å²) in [6.07, 6.45) is 0. The van der Waals surface area contributed by atoms with Gasteiger partial charge in [0.25, 0.3) is 5.91 Å². The molecule has 0 spiro atoms. The number of para-hydroxylation sites is 1. The average Bonchev–Trinajstić information content (AvgIpc) is 3.19. The molecule has 2 heterocycles. The Labute approximate surface area is 177 Å². The minimum absolute atomic E-state index is 0.193. The lowest BCUT2D eigenvalue weighted by Gasteiger charge is -2.11. The Kier molecular flexibility index (Phi) is 5.87. The number of amides is 1. The lowest BCUT2D eigenvalue weighted by atomic mass is 10.0. The third kappa shape index (κ3) is 4.63. The van der Waals surface area contributed by atoms with Crippen molar-refractivity contribution in [3.8, 4) is 0 Å². The van der Waals surface area contributed by atoms with E-state index in [0.717, 1.165) is 26.7 Å². The van der Waals surface area contributed by atoms with Gasteiger partial charge in [-0.15, -0.1) is 10.2 Å². The number of nitrogens with one attached hydrogen (secondary N) is 1. The molecule has 4 rings (SSSR count). The Hall–Kier alpha value is -2.77. The molecule has 146 valence electrons. The predicted molar refractivity (Wildman–Crippen MR) is 120 cm³/mol. The van der Waals surface area contributed by atoms with Crippen LogP contribution in [0.4, 0.5) is 5.13 Å². The number of hydrogen-bond acceptors (Lipinski definition) is 6. The predicted octanol–water partition coefficient (Wildman–Crippen LogP) is 5.75. The van der Waals surface area contributed by atoms with E-state index in [1.807, 2.05) is 48.5 Å². The highest BCUT2D eigenvalue weighted by Crippen LogP contribution is 2.29. The fourth-order valence-corrected chi connectivity index (χ4v) is 4.58. The maximum absolute atomic E-state index is 13.0. The van der Waals surface area contributed by atoms with Crippen LogP contribution in [0.2, 0.25) is 0 Å². The van der Waals surface area contributed by atoms with E-state index in [1.165, 1.54) is 16.9 Å². The molecule has 2 aromatic heterocycles. The number of hydrogen-bond donors (Lipinski definition) is 1. The molecule has 0 aliphatic rings. The zero-order valence-electron chi connectivity index (χ0n) is 16.1. The second-order valence-electron chi connectivity index (χ2n) is 6.87. The Bertz CT molecular complexity index is 1140. The molecule has 0 aliphatic carbocycles. The van der Waals surface area contributed by atoms with Gasteiger partial charge < -0.3 is 0 Å². The standard InChI is InChI=1S/C22H20N4OS2/c1-14(2)19-12-17(16-10-6-7-11-18(16)23-19)20(27)24-21-25-26-22(29-21)28-13-15-8-4-3-5-9-15/h3-12,14H,13H2,1-2H3,(H,24,25,27). The molecule has 2 aromatic carbocycles. The summed E-state index contributed by atoms with van der Waals surface area (Å²) in [6.45, 7) is 4.14. The van der Waals surface area contributed by atoms with Gasteiger partial charge in [0.2, 0.25) is 5.13 Å². The molecule has 0 atom stereocenters. The van der Waals surface area contributed by atoms with Crippen LogP contribution in [0, 0.1) is 0 Å². The quantitative estimate of drug-likeness (QED) is 0.317. The van der Waals surface area contributed by atoms with Crippen LogP contribution in [0.5, 0.6) is 0 Å². The highest BCUT2D eigenvalue weighted by molar-refractivity contribution is 8.00. The number of anilines is 1. The zero-order valence-corrected chi connectivity index (χ0v) is 17.8. The zero-order chi connectivity index (χ0) is 20.2. The van der Waals surface area contributed by atoms with Crippen molar-refractivity contribution in [2.24, 2.45) is 0 Å². The number of rotatable bonds is 6. The first-order valence-electron chi connectivity index (χ1n) is 9.31. The molecule has 0 fully saturated rings. The Morgan fingerprint density at radius 2 is 1.83 bits per heavy atom. The van der Waals surface area contributed by atoms with Crippen molar-refractivity contribution < 1.29 is 4.79 Å². The molecule has 1 amide bonds. The number of pyridine rings is 1. The van der Waals surface area contributed by atoms with Gasteiger partial charge >= 0.3 is 0 Å². The summed E-state index contributed by atoms with van der Waals surface area (Å²) in [4.78, 5) is 17.7. The highest BCUT2D eigenvalue weighted by atomic mass is 32.2. The number of thioether (sulfide) groups is 1. The third-order valence-corrected chi connectivity index (χ3v) is 6.45. The van der Waals surface area contributed by atoms with E-state index in [4.69, 9.17) is 0 Å². The molecule has 7 heteroatoms. The third-order valence-electron chi connectivity index (χ3n) is 4.40. The monoisotopic (exact) mass is 420 g/mol. The molecule has 29 heavy (non-hydrogen) atoms. The van der Waals surface area contributed by atoms with E-state index in [-0.39, 0.29) is 11.8 Å². The van der Waals surface area contributed by atoms with Crippen LogP contribution in [-0.4, -0.2) is 21.1 Å². The first-order chi connectivity index (χ1) is 14.1. The van der Waals surface area contributed by atoms with Crippen molar-refractivity contribution in [1.29, 1.82) is 0 Å². The van der Waals surface area contributed by atoms with E-state index in [9.17, 15) is 4.79 Å². The number of nitrogens with zero attached hydrogens (tertiary/aromatic N) is 3. The Balaban J connectivity index is 1.52. The highest BCUT2D eigenvalue weighted by Gasteiger charge is 2.16. The van der Waals surface area contributed by atoms with E-state index in [1.54, 1.807) is 11.8 Å². The molecule has 0 aliphatic heterocycles. The largest absolute Gasteiger partial charge is 0.296 e. The van der Waals surface area contributed by atoms with Gasteiger partial charge in [-0.25, -0.2) is 0 Å². The van der Waals surface area contributed by atoms with Gasteiger partial charge in [-0.1, -0.05) is 85.5 Å². The van der Waals surface area contributed by atoms with Crippen LogP contribution in [0.15, 0.2) is 65.0 Å². The summed E-state index contributed by atoms with van der Waals surface area (Å²) in [5.41, 5.74) is 3.54. The first-order valence-corrected chi connectivity index (χ1v) is 11.1. The first kappa shape index (κ1) is 19.5. The van der Waals surface area contributed by atoms with Crippen LogP contribution in [0.3, 0.4) is 0 Å². The van der Waals surface area contributed by atoms with Crippen LogP contribution in [0.25, 0.3) is 10.9 Å². The van der Waals surface area contributed by atoms with Gasteiger partial charge in [0.1, 0.15) is 0 Å². The van der Waals surface area contributed by atoms with Gasteiger partial charge in [-0.3, -0.25) is 15.1 Å². The summed E-state index contributed by atoms with van der Waals surface area (Å²) in [5.74, 6) is 0.853. The molecule has 0 bridgehead atoms. The van der Waals surface area contributed by atoms with E-state index < -0.39 is 0 Å². The topological polar surface area (TPSA) is 67.8 Å². The maximum atomic E-state index is 13.0. The van der Waals surface area contributed by atoms with Crippen molar-refractivity contribution in [3.05, 3.63) is 77.5 Å². The van der Waals surface area contributed by atoms with Gasteiger partial charge in [-0.05, 0) is 23.6 Å². The fourth-order valence-electron chi connectivity index (χ4n) is 2.88. The smallest absolute Gasteiger partial charge is 0.258 e. The van der Waals surface area contributed by atoms with Crippen molar-refractivity contribution in [1.82, 2.24) is 15.2 Å². The van der Waals surface area contributed by atoms with Gasteiger partial charge in [0, 0.05) is 16.8 Å². The molecule has 0 saturated heterocycles. The molecular weight excluding hydrogens is 400 g/mol. The molecule has 1 N–H and O–H groups in total. The van der Waals surface area contributed by atoms with E-state index in [2.05, 4.69) is 46.5 Å². The van der Waals surface area contributed by atoms with Gasteiger partial charge in [0.15, 0.2) is 4.34 Å². The molecule has 5 nitrogen and oxygen atoms in total. The second kappa shape index (κ2) is 8.71.